The number of amides is 1. The molecule has 0 spiro atoms. The molecule has 0 unspecified atom stereocenters. The first-order valence-corrected chi connectivity index (χ1v) is 7.94. The van der Waals surface area contributed by atoms with Crippen molar-refractivity contribution in [3.8, 4) is 0 Å². The first kappa shape index (κ1) is 15.1. The predicted molar refractivity (Wildman–Crippen MR) is 81.9 cm³/mol. The summed E-state index contributed by atoms with van der Waals surface area (Å²) < 4.78 is 5.87. The standard InChI is InChI=1S/C14H14BrNO3S/c1-2-19-14(18)7-13-16(12(17)9-20-13)8-10-3-5-11(15)6-4-10/h3-7H,2,8-9H2,1H3. The van der Waals surface area contributed by atoms with Gasteiger partial charge in [-0.05, 0) is 24.6 Å². The van der Waals surface area contributed by atoms with Gasteiger partial charge in [-0.3, -0.25) is 4.79 Å². The van der Waals surface area contributed by atoms with E-state index in [1.165, 1.54) is 17.8 Å². The summed E-state index contributed by atoms with van der Waals surface area (Å²) in [6.07, 6.45) is 1.39. The minimum Gasteiger partial charge on any atom is -0.463 e. The first-order valence-electron chi connectivity index (χ1n) is 6.16. The molecule has 1 amide bonds. The second kappa shape index (κ2) is 6.95. The monoisotopic (exact) mass is 355 g/mol. The van der Waals surface area contributed by atoms with Gasteiger partial charge in [0.25, 0.3) is 0 Å². The van der Waals surface area contributed by atoms with E-state index in [9.17, 15) is 9.59 Å². The number of hydrogen-bond acceptors (Lipinski definition) is 4. The highest BCUT2D eigenvalue weighted by molar-refractivity contribution is 9.10. The minimum absolute atomic E-state index is 0.00784. The summed E-state index contributed by atoms with van der Waals surface area (Å²) in [5, 5.41) is 0.649. The maximum atomic E-state index is 11.9. The Balaban J connectivity index is 2.12. The van der Waals surface area contributed by atoms with E-state index in [4.69, 9.17) is 4.74 Å². The van der Waals surface area contributed by atoms with Gasteiger partial charge in [-0.25, -0.2) is 4.79 Å². The molecule has 1 aromatic rings. The zero-order valence-electron chi connectivity index (χ0n) is 11.0. The third-order valence-corrected chi connectivity index (χ3v) is 4.25. The van der Waals surface area contributed by atoms with E-state index in [1.54, 1.807) is 11.8 Å². The zero-order chi connectivity index (χ0) is 14.5. The number of benzene rings is 1. The average molecular weight is 356 g/mol. The third-order valence-electron chi connectivity index (χ3n) is 2.69. The van der Waals surface area contributed by atoms with Crippen LogP contribution in [0.4, 0.5) is 0 Å². The molecule has 1 aromatic carbocycles. The Labute approximate surface area is 130 Å². The zero-order valence-corrected chi connectivity index (χ0v) is 13.4. The average Bonchev–Trinajstić information content (AvgIpc) is 2.74. The van der Waals surface area contributed by atoms with E-state index >= 15 is 0 Å². The van der Waals surface area contributed by atoms with Crippen LogP contribution in [0.25, 0.3) is 0 Å². The van der Waals surface area contributed by atoms with Crippen molar-refractivity contribution in [2.75, 3.05) is 12.4 Å². The molecule has 1 saturated heterocycles. The minimum atomic E-state index is -0.412. The van der Waals surface area contributed by atoms with Crippen LogP contribution in [-0.2, 0) is 20.9 Å². The highest BCUT2D eigenvalue weighted by atomic mass is 79.9. The number of hydrogen-bond donors (Lipinski definition) is 0. The van der Waals surface area contributed by atoms with Crippen LogP contribution in [0.5, 0.6) is 0 Å². The van der Waals surface area contributed by atoms with Crippen LogP contribution in [0.2, 0.25) is 0 Å². The van der Waals surface area contributed by atoms with E-state index in [1.807, 2.05) is 24.3 Å². The predicted octanol–water partition coefficient (Wildman–Crippen LogP) is 2.93. The largest absolute Gasteiger partial charge is 0.463 e. The summed E-state index contributed by atoms with van der Waals surface area (Å²) >= 11 is 4.74. The van der Waals surface area contributed by atoms with Gasteiger partial charge < -0.3 is 9.64 Å². The first-order chi connectivity index (χ1) is 9.60. The van der Waals surface area contributed by atoms with Gasteiger partial charge in [0.05, 0.1) is 30.0 Å². The molecule has 0 atom stereocenters. The van der Waals surface area contributed by atoms with Gasteiger partial charge in [-0.1, -0.05) is 39.8 Å². The number of rotatable bonds is 4. The van der Waals surface area contributed by atoms with Crippen LogP contribution in [0.3, 0.4) is 0 Å². The van der Waals surface area contributed by atoms with Gasteiger partial charge in [-0.15, -0.1) is 0 Å². The van der Waals surface area contributed by atoms with Crippen LogP contribution < -0.4 is 0 Å². The number of ether oxygens (including phenoxy) is 1. The Kier molecular flexibility index (Phi) is 5.25. The summed E-state index contributed by atoms with van der Waals surface area (Å²) in [5.74, 6) is -0.0409. The summed E-state index contributed by atoms with van der Waals surface area (Å²) in [6.45, 7) is 2.54. The fourth-order valence-electron chi connectivity index (χ4n) is 1.76. The lowest BCUT2D eigenvalue weighted by molar-refractivity contribution is -0.137. The maximum absolute atomic E-state index is 11.9. The van der Waals surface area contributed by atoms with E-state index in [0.29, 0.717) is 23.9 Å². The van der Waals surface area contributed by atoms with E-state index in [-0.39, 0.29) is 5.91 Å². The second-order valence-corrected chi connectivity index (χ2v) is 6.04. The number of carbonyl (C=O) groups is 2. The smallest absolute Gasteiger partial charge is 0.333 e. The molecule has 1 heterocycles. The summed E-state index contributed by atoms with van der Waals surface area (Å²) in [4.78, 5) is 25.0. The number of thioether (sulfide) groups is 1. The molecule has 0 aromatic heterocycles. The van der Waals surface area contributed by atoms with Gasteiger partial charge in [0.15, 0.2) is 0 Å². The van der Waals surface area contributed by atoms with Crippen molar-refractivity contribution in [1.29, 1.82) is 0 Å². The van der Waals surface area contributed by atoms with Crippen molar-refractivity contribution < 1.29 is 14.3 Å². The van der Waals surface area contributed by atoms with Crippen LogP contribution >= 0.6 is 27.7 Å². The summed E-state index contributed by atoms with van der Waals surface area (Å²) in [5.41, 5.74) is 1.01. The molecule has 20 heavy (non-hydrogen) atoms. The number of carbonyl (C=O) groups excluding carboxylic acids is 2. The lowest BCUT2D eigenvalue weighted by atomic mass is 10.2. The Morgan fingerprint density at radius 1 is 1.45 bits per heavy atom. The molecule has 0 radical (unpaired) electrons. The highest BCUT2D eigenvalue weighted by Crippen LogP contribution is 2.30. The molecule has 1 aliphatic heterocycles. The normalized spacial score (nSPS) is 16.8. The molecule has 0 saturated carbocycles. The quantitative estimate of drug-likeness (QED) is 0.615. The van der Waals surface area contributed by atoms with Crippen molar-refractivity contribution in [3.05, 3.63) is 45.4 Å². The van der Waals surface area contributed by atoms with Gasteiger partial charge >= 0.3 is 5.97 Å². The topological polar surface area (TPSA) is 46.6 Å². The molecule has 0 bridgehead atoms. The molecule has 2 rings (SSSR count). The van der Waals surface area contributed by atoms with Gasteiger partial charge in [0, 0.05) is 4.47 Å². The Bertz CT molecular complexity index is 542. The molecule has 106 valence electrons. The molecule has 1 aliphatic rings. The fraction of sp³-hybridized carbons (Fsp3) is 0.286. The Morgan fingerprint density at radius 3 is 2.80 bits per heavy atom. The molecule has 4 nitrogen and oxygen atoms in total. The number of halogens is 1. The summed E-state index contributed by atoms with van der Waals surface area (Å²) in [6, 6.07) is 7.75. The van der Waals surface area contributed by atoms with Crippen molar-refractivity contribution in [3.63, 3.8) is 0 Å². The third kappa shape index (κ3) is 3.86. The molecule has 0 N–H and O–H groups in total. The van der Waals surface area contributed by atoms with Gasteiger partial charge in [0.2, 0.25) is 5.91 Å². The number of nitrogens with zero attached hydrogens (tertiary/aromatic N) is 1. The van der Waals surface area contributed by atoms with Crippen LogP contribution in [0, 0.1) is 0 Å². The second-order valence-electron chi connectivity index (χ2n) is 4.13. The summed E-state index contributed by atoms with van der Waals surface area (Å²) in [7, 11) is 0. The van der Waals surface area contributed by atoms with Crippen molar-refractivity contribution in [2.45, 2.75) is 13.5 Å². The van der Waals surface area contributed by atoms with Crippen LogP contribution in [-0.4, -0.2) is 29.1 Å². The Hall–Kier alpha value is -1.27. The van der Waals surface area contributed by atoms with Crippen molar-refractivity contribution in [2.24, 2.45) is 0 Å². The van der Waals surface area contributed by atoms with Crippen LogP contribution in [0.15, 0.2) is 39.8 Å². The van der Waals surface area contributed by atoms with Crippen molar-refractivity contribution in [1.82, 2.24) is 4.90 Å². The fourth-order valence-corrected chi connectivity index (χ4v) is 2.95. The highest BCUT2D eigenvalue weighted by Gasteiger charge is 2.27. The maximum Gasteiger partial charge on any atom is 0.333 e. The van der Waals surface area contributed by atoms with Gasteiger partial charge in [0.1, 0.15) is 0 Å². The van der Waals surface area contributed by atoms with Gasteiger partial charge in [-0.2, -0.15) is 0 Å². The Morgan fingerprint density at radius 2 is 2.15 bits per heavy atom. The van der Waals surface area contributed by atoms with E-state index in [0.717, 1.165) is 10.0 Å². The van der Waals surface area contributed by atoms with Crippen LogP contribution in [0.1, 0.15) is 12.5 Å². The molecule has 0 aliphatic carbocycles. The SMILES string of the molecule is CCOC(=O)C=C1SCC(=O)N1Cc1ccc(Br)cc1. The van der Waals surface area contributed by atoms with Crippen molar-refractivity contribution >= 4 is 39.6 Å². The lowest BCUT2D eigenvalue weighted by Crippen LogP contribution is -2.24. The lowest BCUT2D eigenvalue weighted by Gasteiger charge is -2.17. The van der Waals surface area contributed by atoms with E-state index < -0.39 is 5.97 Å². The number of esters is 1. The molecule has 6 heteroatoms. The molecular weight excluding hydrogens is 342 g/mol. The van der Waals surface area contributed by atoms with E-state index in [2.05, 4.69) is 15.9 Å². The molecular formula is C14H14BrNO3S. The molecule has 1 fully saturated rings.